The number of benzene rings is 2. The molecule has 5 rings (SSSR count). The van der Waals surface area contributed by atoms with Crippen molar-refractivity contribution in [3.8, 4) is 0 Å². The van der Waals surface area contributed by atoms with E-state index in [0.29, 0.717) is 29.2 Å². The van der Waals surface area contributed by atoms with Gasteiger partial charge >= 0.3 is 0 Å². The summed E-state index contributed by atoms with van der Waals surface area (Å²) in [6, 6.07) is 17.9. The van der Waals surface area contributed by atoms with Gasteiger partial charge in [-0.05, 0) is 67.9 Å². The van der Waals surface area contributed by atoms with Crippen LogP contribution in [0.1, 0.15) is 49.1 Å². The van der Waals surface area contributed by atoms with E-state index < -0.39 is 6.04 Å². The van der Waals surface area contributed by atoms with Gasteiger partial charge in [0.2, 0.25) is 0 Å². The van der Waals surface area contributed by atoms with Crippen molar-refractivity contribution in [2.45, 2.75) is 26.4 Å². The lowest BCUT2D eigenvalue weighted by atomic mass is 10.0. The zero-order valence-corrected chi connectivity index (χ0v) is 17.9. The number of aryl methyl sites for hydroxylation is 2. The van der Waals surface area contributed by atoms with Crippen molar-refractivity contribution >= 4 is 23.3 Å². The first-order chi connectivity index (χ1) is 15.5. The molecule has 2 aromatic heterocycles. The number of amides is 1. The van der Waals surface area contributed by atoms with Gasteiger partial charge in [-0.1, -0.05) is 17.7 Å². The number of ketones is 1. The highest BCUT2D eigenvalue weighted by Gasteiger charge is 2.29. The molecule has 0 fully saturated rings. The van der Waals surface area contributed by atoms with Crippen molar-refractivity contribution < 1.29 is 14.0 Å². The van der Waals surface area contributed by atoms with Crippen LogP contribution in [-0.2, 0) is 6.54 Å². The monoisotopic (exact) mass is 425 g/mol. The van der Waals surface area contributed by atoms with E-state index in [2.05, 4.69) is 15.2 Å². The molecule has 1 amide bonds. The van der Waals surface area contributed by atoms with E-state index in [9.17, 15) is 9.59 Å². The highest BCUT2D eigenvalue weighted by atomic mass is 16.3. The third-order valence-electron chi connectivity index (χ3n) is 5.84. The molecule has 32 heavy (non-hydrogen) atoms. The molecule has 0 aliphatic carbocycles. The molecule has 0 radical (unpaired) electrons. The van der Waals surface area contributed by atoms with Crippen molar-refractivity contribution in [2.24, 2.45) is 0 Å². The Kier molecular flexibility index (Phi) is 4.90. The topological polar surface area (TPSA) is 76.3 Å². The molecular weight excluding hydrogens is 402 g/mol. The summed E-state index contributed by atoms with van der Waals surface area (Å²) >= 11 is 0. The molecule has 2 N–H and O–H groups in total. The number of nitrogens with zero attached hydrogens (tertiary/aromatic N) is 1. The van der Waals surface area contributed by atoms with Crippen molar-refractivity contribution in [2.75, 3.05) is 10.6 Å². The van der Waals surface area contributed by atoms with E-state index in [1.807, 2.05) is 56.4 Å². The number of aromatic nitrogens is 1. The van der Waals surface area contributed by atoms with E-state index in [-0.39, 0.29) is 11.7 Å². The second-order valence-electron chi connectivity index (χ2n) is 8.13. The van der Waals surface area contributed by atoms with Crippen molar-refractivity contribution in [3.63, 3.8) is 0 Å². The standard InChI is InChI=1S/C26H23N3O3/c1-16-5-10-21(17(2)14-16)25(31)27-20-8-6-18(7-9-20)24(30)23-22-4-3-12-29(22)15-19-11-13-32-26(19)28-23/h3-14,23,28H,15H2,1-2H3,(H,27,31). The Hall–Kier alpha value is -4.06. The number of anilines is 2. The number of hydrogen-bond acceptors (Lipinski definition) is 4. The van der Waals surface area contributed by atoms with E-state index in [0.717, 1.165) is 22.4 Å². The van der Waals surface area contributed by atoms with Gasteiger partial charge in [-0.2, -0.15) is 0 Å². The number of rotatable bonds is 4. The quantitative estimate of drug-likeness (QED) is 0.432. The first-order valence-corrected chi connectivity index (χ1v) is 10.5. The van der Waals surface area contributed by atoms with Crippen LogP contribution in [0.5, 0.6) is 0 Å². The van der Waals surface area contributed by atoms with Gasteiger partial charge in [0.1, 0.15) is 6.04 Å². The predicted octanol–water partition coefficient (Wildman–Crippen LogP) is 5.35. The molecule has 6 heteroatoms. The van der Waals surface area contributed by atoms with Gasteiger partial charge < -0.3 is 19.6 Å². The molecule has 1 aliphatic heterocycles. The van der Waals surface area contributed by atoms with Crippen LogP contribution >= 0.6 is 0 Å². The number of fused-ring (bicyclic) bond motifs is 2. The summed E-state index contributed by atoms with van der Waals surface area (Å²) in [5.41, 5.74) is 5.74. The molecule has 6 nitrogen and oxygen atoms in total. The van der Waals surface area contributed by atoms with Gasteiger partial charge in [-0.25, -0.2) is 0 Å². The fourth-order valence-electron chi connectivity index (χ4n) is 4.16. The van der Waals surface area contributed by atoms with E-state index in [1.165, 1.54) is 0 Å². The van der Waals surface area contributed by atoms with Crippen LogP contribution in [0.15, 0.2) is 77.5 Å². The molecule has 0 bridgehead atoms. The first-order valence-electron chi connectivity index (χ1n) is 10.5. The van der Waals surface area contributed by atoms with Crippen LogP contribution in [0, 0.1) is 13.8 Å². The zero-order chi connectivity index (χ0) is 22.2. The smallest absolute Gasteiger partial charge is 0.255 e. The molecule has 0 spiro atoms. The molecule has 1 aliphatic rings. The van der Waals surface area contributed by atoms with Crippen LogP contribution in [0.25, 0.3) is 0 Å². The number of furan rings is 1. The van der Waals surface area contributed by atoms with Crippen LogP contribution < -0.4 is 10.6 Å². The minimum Gasteiger partial charge on any atom is -0.449 e. The molecular formula is C26H23N3O3. The fraction of sp³-hybridized carbons (Fsp3) is 0.154. The van der Waals surface area contributed by atoms with Crippen molar-refractivity contribution in [1.82, 2.24) is 4.57 Å². The van der Waals surface area contributed by atoms with Gasteiger partial charge in [0.05, 0.1) is 12.8 Å². The minimum atomic E-state index is -0.562. The molecule has 3 heterocycles. The van der Waals surface area contributed by atoms with E-state index in [4.69, 9.17) is 4.42 Å². The Morgan fingerprint density at radius 1 is 1.06 bits per heavy atom. The second-order valence-corrected chi connectivity index (χ2v) is 8.13. The van der Waals surface area contributed by atoms with Gasteiger partial charge in [0.15, 0.2) is 11.7 Å². The maximum atomic E-state index is 13.4. The number of carbonyl (C=O) groups is 2. The van der Waals surface area contributed by atoms with Crippen molar-refractivity contribution in [3.05, 3.63) is 107 Å². The number of hydrogen-bond donors (Lipinski definition) is 2. The maximum Gasteiger partial charge on any atom is 0.255 e. The summed E-state index contributed by atoms with van der Waals surface area (Å²) in [5.74, 6) is 0.376. The molecule has 0 saturated carbocycles. The van der Waals surface area contributed by atoms with Crippen LogP contribution in [0.3, 0.4) is 0 Å². The fourth-order valence-corrected chi connectivity index (χ4v) is 4.16. The van der Waals surface area contributed by atoms with Gasteiger partial charge in [-0.15, -0.1) is 0 Å². The third kappa shape index (κ3) is 3.60. The SMILES string of the molecule is Cc1ccc(C(=O)Nc2ccc(C(=O)C3Nc4occc4Cn4cccc43)cc2)c(C)c1. The Morgan fingerprint density at radius 2 is 1.88 bits per heavy atom. The third-order valence-corrected chi connectivity index (χ3v) is 5.84. The Morgan fingerprint density at radius 3 is 2.66 bits per heavy atom. The Bertz CT molecular complexity index is 1310. The van der Waals surface area contributed by atoms with Crippen LogP contribution in [-0.4, -0.2) is 16.3 Å². The summed E-state index contributed by atoms with van der Waals surface area (Å²) in [6.45, 7) is 4.56. The van der Waals surface area contributed by atoms with Gasteiger partial charge in [0, 0.05) is 34.3 Å². The number of carbonyl (C=O) groups excluding carboxylic acids is 2. The number of nitrogens with one attached hydrogen (secondary N) is 2. The molecule has 2 aromatic carbocycles. The van der Waals surface area contributed by atoms with Crippen molar-refractivity contribution in [1.29, 1.82) is 0 Å². The molecule has 1 unspecified atom stereocenters. The lowest BCUT2D eigenvalue weighted by molar-refractivity contribution is 0.0965. The summed E-state index contributed by atoms with van der Waals surface area (Å²) in [6.07, 6.45) is 3.59. The highest BCUT2D eigenvalue weighted by Crippen LogP contribution is 2.32. The van der Waals surface area contributed by atoms with E-state index >= 15 is 0 Å². The summed E-state index contributed by atoms with van der Waals surface area (Å²) in [4.78, 5) is 26.0. The largest absolute Gasteiger partial charge is 0.449 e. The normalized spacial score (nSPS) is 14.6. The summed E-state index contributed by atoms with van der Waals surface area (Å²) < 4.78 is 7.60. The molecule has 4 aromatic rings. The average molecular weight is 425 g/mol. The lowest BCUT2D eigenvalue weighted by Gasteiger charge is -2.17. The summed E-state index contributed by atoms with van der Waals surface area (Å²) in [5, 5.41) is 6.16. The second kappa shape index (κ2) is 7.89. The molecule has 1 atom stereocenters. The maximum absolute atomic E-state index is 13.4. The first kappa shape index (κ1) is 19.9. The minimum absolute atomic E-state index is 0.0681. The zero-order valence-electron chi connectivity index (χ0n) is 17.9. The Labute approximate surface area is 185 Å². The van der Waals surface area contributed by atoms with E-state index in [1.54, 1.807) is 30.5 Å². The Balaban J connectivity index is 1.36. The summed E-state index contributed by atoms with van der Waals surface area (Å²) in [7, 11) is 0. The predicted molar refractivity (Wildman–Crippen MR) is 123 cm³/mol. The lowest BCUT2D eigenvalue weighted by Crippen LogP contribution is -2.22. The molecule has 160 valence electrons. The average Bonchev–Trinajstić information content (AvgIpc) is 3.39. The number of Topliss-reactive ketones (excluding diaryl/α,β-unsaturated/α-hetero) is 1. The van der Waals surface area contributed by atoms with Gasteiger partial charge in [-0.3, -0.25) is 9.59 Å². The molecule has 0 saturated heterocycles. The van der Waals surface area contributed by atoms with Crippen LogP contribution in [0.4, 0.5) is 11.6 Å². The highest BCUT2D eigenvalue weighted by molar-refractivity contribution is 6.06. The van der Waals surface area contributed by atoms with Gasteiger partial charge in [0.25, 0.3) is 5.91 Å². The van der Waals surface area contributed by atoms with Crippen LogP contribution in [0.2, 0.25) is 0 Å².